The standard InChI is InChI=1S/C23H28BrFN6O/c1-31-8-4-15(5-9-31)13-32-22-12-20-17(11-21(22)27-7-6-26)23(29-14-28-20)30-19-3-2-16(24)10-18(19)25/h2-3,10-12,14-15,27H,4-9,13,26H2,1H3,(H,28,29,30). The summed E-state index contributed by atoms with van der Waals surface area (Å²) in [6.45, 7) is 3.95. The van der Waals surface area contributed by atoms with E-state index in [2.05, 4.69) is 48.5 Å². The lowest BCUT2D eigenvalue weighted by Gasteiger charge is -2.29. The molecule has 4 N–H and O–H groups in total. The summed E-state index contributed by atoms with van der Waals surface area (Å²) in [7, 11) is 2.15. The molecule has 1 aromatic heterocycles. The first-order valence-electron chi connectivity index (χ1n) is 10.8. The average molecular weight is 503 g/mol. The first-order valence-corrected chi connectivity index (χ1v) is 11.6. The minimum absolute atomic E-state index is 0.340. The van der Waals surface area contributed by atoms with Gasteiger partial charge in [-0.25, -0.2) is 14.4 Å². The third kappa shape index (κ3) is 5.46. The second kappa shape index (κ2) is 10.4. The second-order valence-electron chi connectivity index (χ2n) is 8.11. The maximum atomic E-state index is 14.4. The van der Waals surface area contributed by atoms with Gasteiger partial charge in [0.05, 0.1) is 23.5 Å². The Labute approximate surface area is 195 Å². The molecule has 1 saturated heterocycles. The molecule has 2 heterocycles. The van der Waals surface area contributed by atoms with E-state index in [1.807, 2.05) is 12.1 Å². The molecule has 4 rings (SSSR count). The summed E-state index contributed by atoms with van der Waals surface area (Å²) in [5.74, 6) is 1.43. The Morgan fingerprint density at radius 1 is 1.19 bits per heavy atom. The van der Waals surface area contributed by atoms with Crippen LogP contribution in [-0.4, -0.2) is 54.7 Å². The van der Waals surface area contributed by atoms with Crippen molar-refractivity contribution in [3.63, 3.8) is 0 Å². The number of ether oxygens (including phenoxy) is 1. The summed E-state index contributed by atoms with van der Waals surface area (Å²) in [4.78, 5) is 11.1. The number of hydrogen-bond donors (Lipinski definition) is 3. The van der Waals surface area contributed by atoms with Gasteiger partial charge in [0.2, 0.25) is 0 Å². The highest BCUT2D eigenvalue weighted by Gasteiger charge is 2.19. The van der Waals surface area contributed by atoms with Gasteiger partial charge in [-0.05, 0) is 63.2 Å². The van der Waals surface area contributed by atoms with Crippen molar-refractivity contribution >= 4 is 44.0 Å². The largest absolute Gasteiger partial charge is 0.491 e. The molecule has 0 bridgehead atoms. The Hall–Kier alpha value is -2.49. The number of piperidine rings is 1. The quantitative estimate of drug-likeness (QED) is 0.421. The van der Waals surface area contributed by atoms with Crippen LogP contribution < -0.4 is 21.1 Å². The molecular weight excluding hydrogens is 475 g/mol. The number of hydrogen-bond acceptors (Lipinski definition) is 7. The fourth-order valence-corrected chi connectivity index (χ4v) is 4.14. The lowest BCUT2D eigenvalue weighted by molar-refractivity contribution is 0.160. The van der Waals surface area contributed by atoms with Gasteiger partial charge in [-0.3, -0.25) is 0 Å². The molecule has 170 valence electrons. The second-order valence-corrected chi connectivity index (χ2v) is 9.03. The molecule has 0 spiro atoms. The number of nitrogens with two attached hydrogens (primary N) is 1. The van der Waals surface area contributed by atoms with Crippen molar-refractivity contribution in [1.29, 1.82) is 0 Å². The zero-order valence-electron chi connectivity index (χ0n) is 18.1. The fraction of sp³-hybridized carbons (Fsp3) is 0.391. The van der Waals surface area contributed by atoms with E-state index >= 15 is 0 Å². The molecule has 0 radical (unpaired) electrons. The molecule has 1 aliphatic heterocycles. The zero-order valence-corrected chi connectivity index (χ0v) is 19.7. The molecule has 0 amide bonds. The summed E-state index contributed by atoms with van der Waals surface area (Å²) in [5.41, 5.74) is 7.60. The number of benzene rings is 2. The number of halogens is 2. The van der Waals surface area contributed by atoms with Crippen LogP contribution in [-0.2, 0) is 0 Å². The van der Waals surface area contributed by atoms with E-state index in [0.717, 1.165) is 48.3 Å². The van der Waals surface area contributed by atoms with E-state index in [9.17, 15) is 4.39 Å². The highest BCUT2D eigenvalue weighted by molar-refractivity contribution is 9.10. The summed E-state index contributed by atoms with van der Waals surface area (Å²) in [5, 5.41) is 7.19. The number of anilines is 3. The number of likely N-dealkylation sites (tertiary alicyclic amines) is 1. The van der Waals surface area contributed by atoms with Crippen LogP contribution in [0.5, 0.6) is 5.75 Å². The van der Waals surface area contributed by atoms with Crippen LogP contribution in [0.3, 0.4) is 0 Å². The molecule has 0 saturated carbocycles. The van der Waals surface area contributed by atoms with Crippen molar-refractivity contribution in [3.8, 4) is 5.75 Å². The van der Waals surface area contributed by atoms with E-state index in [4.69, 9.17) is 10.5 Å². The smallest absolute Gasteiger partial charge is 0.147 e. The Morgan fingerprint density at radius 2 is 2.00 bits per heavy atom. The lowest BCUT2D eigenvalue weighted by atomic mass is 9.98. The van der Waals surface area contributed by atoms with Gasteiger partial charge in [0, 0.05) is 29.0 Å². The van der Waals surface area contributed by atoms with Gasteiger partial charge >= 0.3 is 0 Å². The van der Waals surface area contributed by atoms with E-state index in [0.29, 0.717) is 41.6 Å². The Kier molecular flexibility index (Phi) is 7.39. The summed E-state index contributed by atoms with van der Waals surface area (Å²) < 4.78 is 21.3. The SMILES string of the molecule is CN1CCC(COc2cc3ncnc(Nc4ccc(Br)cc4F)c3cc2NCCN)CC1. The third-order valence-electron chi connectivity index (χ3n) is 5.69. The van der Waals surface area contributed by atoms with Crippen molar-refractivity contribution in [3.05, 3.63) is 46.9 Å². The van der Waals surface area contributed by atoms with Gasteiger partial charge in [0.25, 0.3) is 0 Å². The van der Waals surface area contributed by atoms with Crippen LogP contribution in [0.25, 0.3) is 10.9 Å². The molecule has 0 unspecified atom stereocenters. The van der Waals surface area contributed by atoms with Gasteiger partial charge in [-0.2, -0.15) is 0 Å². The van der Waals surface area contributed by atoms with Crippen LogP contribution >= 0.6 is 15.9 Å². The minimum Gasteiger partial charge on any atom is -0.491 e. The van der Waals surface area contributed by atoms with Gasteiger partial charge in [0.15, 0.2) is 0 Å². The predicted molar refractivity (Wildman–Crippen MR) is 130 cm³/mol. The Bertz CT molecular complexity index is 1070. The van der Waals surface area contributed by atoms with E-state index in [-0.39, 0.29) is 5.82 Å². The summed E-state index contributed by atoms with van der Waals surface area (Å²) >= 11 is 3.28. The normalized spacial score (nSPS) is 15.1. The number of nitrogens with zero attached hydrogens (tertiary/aromatic N) is 3. The first kappa shape index (κ1) is 22.7. The van der Waals surface area contributed by atoms with Crippen molar-refractivity contribution in [2.75, 3.05) is 50.5 Å². The number of fused-ring (bicyclic) bond motifs is 1. The lowest BCUT2D eigenvalue weighted by Crippen LogP contribution is -2.32. The molecule has 3 aromatic rings. The summed E-state index contributed by atoms with van der Waals surface area (Å²) in [6, 6.07) is 8.70. The zero-order chi connectivity index (χ0) is 22.5. The topological polar surface area (TPSA) is 88.3 Å². The molecule has 0 atom stereocenters. The van der Waals surface area contributed by atoms with Crippen LogP contribution in [0.4, 0.5) is 21.6 Å². The van der Waals surface area contributed by atoms with Crippen LogP contribution in [0, 0.1) is 11.7 Å². The van der Waals surface area contributed by atoms with Gasteiger partial charge in [0.1, 0.15) is 23.7 Å². The van der Waals surface area contributed by atoms with Crippen molar-refractivity contribution in [1.82, 2.24) is 14.9 Å². The Morgan fingerprint density at radius 3 is 2.75 bits per heavy atom. The van der Waals surface area contributed by atoms with Gasteiger partial charge in [-0.15, -0.1) is 0 Å². The molecule has 7 nitrogen and oxygen atoms in total. The van der Waals surface area contributed by atoms with E-state index in [1.54, 1.807) is 12.1 Å². The predicted octanol–water partition coefficient (Wildman–Crippen LogP) is 4.37. The van der Waals surface area contributed by atoms with Gasteiger partial charge in [-0.1, -0.05) is 15.9 Å². The summed E-state index contributed by atoms with van der Waals surface area (Å²) in [6.07, 6.45) is 3.73. The molecule has 1 aliphatic rings. The molecule has 9 heteroatoms. The van der Waals surface area contributed by atoms with Crippen molar-refractivity contribution in [2.45, 2.75) is 12.8 Å². The fourth-order valence-electron chi connectivity index (χ4n) is 3.80. The molecule has 32 heavy (non-hydrogen) atoms. The monoisotopic (exact) mass is 502 g/mol. The molecular formula is C23H28BrFN6O. The van der Waals surface area contributed by atoms with Crippen LogP contribution in [0.2, 0.25) is 0 Å². The first-order chi connectivity index (χ1) is 15.5. The van der Waals surface area contributed by atoms with Gasteiger partial charge < -0.3 is 26.0 Å². The number of nitrogens with one attached hydrogen (secondary N) is 2. The average Bonchev–Trinajstić information content (AvgIpc) is 2.79. The molecule has 0 aliphatic carbocycles. The minimum atomic E-state index is -0.370. The number of aromatic nitrogens is 2. The van der Waals surface area contributed by atoms with E-state index < -0.39 is 0 Å². The maximum Gasteiger partial charge on any atom is 0.147 e. The maximum absolute atomic E-state index is 14.4. The highest BCUT2D eigenvalue weighted by Crippen LogP contribution is 2.34. The molecule has 1 fully saturated rings. The van der Waals surface area contributed by atoms with E-state index in [1.165, 1.54) is 12.4 Å². The molecule has 2 aromatic carbocycles. The van der Waals surface area contributed by atoms with Crippen molar-refractivity contribution < 1.29 is 9.13 Å². The highest BCUT2D eigenvalue weighted by atomic mass is 79.9. The van der Waals surface area contributed by atoms with Crippen LogP contribution in [0.1, 0.15) is 12.8 Å². The third-order valence-corrected chi connectivity index (χ3v) is 6.19. The Balaban J connectivity index is 1.61. The number of rotatable bonds is 8. The van der Waals surface area contributed by atoms with Crippen molar-refractivity contribution in [2.24, 2.45) is 11.7 Å². The van der Waals surface area contributed by atoms with Crippen LogP contribution in [0.15, 0.2) is 41.1 Å².